The summed E-state index contributed by atoms with van der Waals surface area (Å²) in [6.45, 7) is 0. The largest absolute Gasteiger partial charge is 0.356 e. The Hall–Kier alpha value is -1.40. The van der Waals surface area contributed by atoms with E-state index in [9.17, 15) is 0 Å². The summed E-state index contributed by atoms with van der Waals surface area (Å²) in [5.41, 5.74) is 2.19. The van der Waals surface area contributed by atoms with Gasteiger partial charge in [0, 0.05) is 22.5 Å². The highest BCUT2D eigenvalue weighted by Crippen LogP contribution is 2.26. The van der Waals surface area contributed by atoms with Gasteiger partial charge in [0.1, 0.15) is 0 Å². The molecule has 0 radical (unpaired) electrons. The Bertz CT molecular complexity index is 656. The summed E-state index contributed by atoms with van der Waals surface area (Å²) in [6.07, 6.45) is 0. The number of thiazole rings is 1. The van der Waals surface area contributed by atoms with Crippen LogP contribution in [-0.2, 0) is 0 Å². The zero-order chi connectivity index (χ0) is 11.8. The summed E-state index contributed by atoms with van der Waals surface area (Å²) in [5, 5.41) is 9.40. The van der Waals surface area contributed by atoms with Gasteiger partial charge in [0.25, 0.3) is 0 Å². The lowest BCUT2D eigenvalue weighted by atomic mass is 10.2. The lowest BCUT2D eigenvalue weighted by Gasteiger charge is -1.98. The second-order valence-corrected chi connectivity index (χ2v) is 5.26. The van der Waals surface area contributed by atoms with Gasteiger partial charge in [-0.2, -0.15) is 4.98 Å². The van der Waals surface area contributed by atoms with Crippen LogP contribution in [0.3, 0.4) is 0 Å². The molecule has 1 aromatic carbocycles. The van der Waals surface area contributed by atoms with Crippen molar-refractivity contribution in [2.24, 2.45) is 0 Å². The monoisotopic (exact) mass is 308 g/mol. The zero-order valence-electron chi connectivity index (χ0n) is 9.01. The quantitative estimate of drug-likeness (QED) is 0.790. The van der Waals surface area contributed by atoms with E-state index in [0.717, 1.165) is 20.7 Å². The van der Waals surface area contributed by atoms with Gasteiger partial charge in [-0.15, -0.1) is 16.4 Å². The Morgan fingerprint density at radius 3 is 2.76 bits per heavy atom. The molecule has 2 aromatic heterocycles. The van der Waals surface area contributed by atoms with Crippen LogP contribution >= 0.6 is 27.3 Å². The number of nitrogens with zero attached hydrogens (tertiary/aromatic N) is 3. The Balaban J connectivity index is 2.16. The first kappa shape index (κ1) is 10.7. The number of anilines is 1. The Morgan fingerprint density at radius 1 is 1.29 bits per heavy atom. The highest BCUT2D eigenvalue weighted by Gasteiger charge is 2.10. The number of fused-ring (bicyclic) bond motifs is 1. The van der Waals surface area contributed by atoms with Crippen LogP contribution in [0.2, 0.25) is 0 Å². The van der Waals surface area contributed by atoms with E-state index in [1.54, 1.807) is 11.3 Å². The molecule has 86 valence electrons. The highest BCUT2D eigenvalue weighted by molar-refractivity contribution is 9.10. The normalized spacial score (nSPS) is 10.9. The Morgan fingerprint density at radius 2 is 2.06 bits per heavy atom. The van der Waals surface area contributed by atoms with Crippen LogP contribution in [0.4, 0.5) is 5.95 Å². The third kappa shape index (κ3) is 1.83. The van der Waals surface area contributed by atoms with Crippen molar-refractivity contribution in [3.8, 4) is 11.3 Å². The molecule has 1 N–H and O–H groups in total. The van der Waals surface area contributed by atoms with Gasteiger partial charge in [0.05, 0.1) is 5.69 Å². The molecule has 2 heterocycles. The molecule has 0 bridgehead atoms. The third-order valence-electron chi connectivity index (χ3n) is 2.45. The van der Waals surface area contributed by atoms with Crippen LogP contribution in [0, 0.1) is 0 Å². The molecule has 0 aliphatic rings. The number of hydrogen-bond acceptors (Lipinski definition) is 4. The maximum Gasteiger partial charge on any atom is 0.243 e. The number of nitrogens with one attached hydrogen (secondary N) is 1. The Labute approximate surface area is 110 Å². The molecular formula is C11H9BrN4S. The lowest BCUT2D eigenvalue weighted by molar-refractivity contribution is 0.986. The first-order valence-electron chi connectivity index (χ1n) is 5.06. The summed E-state index contributed by atoms with van der Waals surface area (Å²) >= 11 is 5.02. The summed E-state index contributed by atoms with van der Waals surface area (Å²) in [4.78, 5) is 5.24. The van der Waals surface area contributed by atoms with E-state index in [-0.39, 0.29) is 0 Å². The molecule has 6 heteroatoms. The van der Waals surface area contributed by atoms with Crippen molar-refractivity contribution in [3.63, 3.8) is 0 Å². The van der Waals surface area contributed by atoms with Crippen molar-refractivity contribution in [1.29, 1.82) is 0 Å². The molecule has 4 nitrogen and oxygen atoms in total. The van der Waals surface area contributed by atoms with Crippen molar-refractivity contribution in [2.45, 2.75) is 0 Å². The number of halogens is 1. The van der Waals surface area contributed by atoms with Gasteiger partial charge in [-0.3, -0.25) is 0 Å². The van der Waals surface area contributed by atoms with E-state index in [2.05, 4.69) is 48.8 Å². The van der Waals surface area contributed by atoms with E-state index in [4.69, 9.17) is 0 Å². The summed E-state index contributed by atoms with van der Waals surface area (Å²) in [6, 6.07) is 8.17. The topological polar surface area (TPSA) is 42.2 Å². The SMILES string of the molecule is CNc1nc2scc(-c3ccc(Br)cc3)n2n1. The fourth-order valence-corrected chi connectivity index (χ4v) is 2.70. The molecular weight excluding hydrogens is 300 g/mol. The van der Waals surface area contributed by atoms with Gasteiger partial charge in [-0.05, 0) is 12.1 Å². The van der Waals surface area contributed by atoms with Crippen LogP contribution in [-0.4, -0.2) is 21.6 Å². The predicted molar refractivity (Wildman–Crippen MR) is 73.5 cm³/mol. The summed E-state index contributed by atoms with van der Waals surface area (Å²) in [7, 11) is 1.82. The average molecular weight is 309 g/mol. The average Bonchev–Trinajstić information content (AvgIpc) is 2.89. The lowest BCUT2D eigenvalue weighted by Crippen LogP contribution is -1.92. The molecule has 0 amide bonds. The second-order valence-electron chi connectivity index (χ2n) is 3.51. The van der Waals surface area contributed by atoms with Gasteiger partial charge >= 0.3 is 0 Å². The molecule has 0 saturated heterocycles. The molecule has 0 fully saturated rings. The molecule has 0 aliphatic carbocycles. The van der Waals surface area contributed by atoms with Crippen LogP contribution < -0.4 is 5.32 Å². The first-order chi connectivity index (χ1) is 8.28. The number of hydrogen-bond donors (Lipinski definition) is 1. The van der Waals surface area contributed by atoms with E-state index < -0.39 is 0 Å². The maximum absolute atomic E-state index is 4.38. The molecule has 0 atom stereocenters. The second kappa shape index (κ2) is 4.12. The minimum atomic E-state index is 0.648. The summed E-state index contributed by atoms with van der Waals surface area (Å²) < 4.78 is 2.93. The van der Waals surface area contributed by atoms with Crippen molar-refractivity contribution < 1.29 is 0 Å². The van der Waals surface area contributed by atoms with Crippen molar-refractivity contribution in [2.75, 3.05) is 12.4 Å². The van der Waals surface area contributed by atoms with Crippen molar-refractivity contribution in [3.05, 3.63) is 34.1 Å². The van der Waals surface area contributed by atoms with Crippen molar-refractivity contribution >= 4 is 38.2 Å². The number of rotatable bonds is 2. The van der Waals surface area contributed by atoms with E-state index >= 15 is 0 Å². The van der Waals surface area contributed by atoms with Gasteiger partial charge in [-0.25, -0.2) is 4.52 Å². The molecule has 17 heavy (non-hydrogen) atoms. The predicted octanol–water partition coefficient (Wildman–Crippen LogP) is 3.26. The first-order valence-corrected chi connectivity index (χ1v) is 6.73. The highest BCUT2D eigenvalue weighted by atomic mass is 79.9. The van der Waals surface area contributed by atoms with E-state index in [1.807, 2.05) is 23.7 Å². The minimum Gasteiger partial charge on any atom is -0.356 e. The van der Waals surface area contributed by atoms with Gasteiger partial charge in [0.15, 0.2) is 0 Å². The molecule has 0 spiro atoms. The standard InChI is InChI=1S/C11H9BrN4S/c1-13-10-14-11-16(15-10)9(6-17-11)7-2-4-8(12)5-3-7/h2-6H,1H3,(H,13,15). The molecule has 0 aliphatic heterocycles. The Kier molecular flexibility index (Phi) is 2.60. The smallest absolute Gasteiger partial charge is 0.243 e. The maximum atomic E-state index is 4.38. The third-order valence-corrected chi connectivity index (χ3v) is 3.79. The van der Waals surface area contributed by atoms with Crippen LogP contribution in [0.25, 0.3) is 16.2 Å². The molecule has 3 rings (SSSR count). The van der Waals surface area contributed by atoms with Crippen LogP contribution in [0.15, 0.2) is 34.1 Å². The van der Waals surface area contributed by atoms with Crippen LogP contribution in [0.5, 0.6) is 0 Å². The van der Waals surface area contributed by atoms with Crippen molar-refractivity contribution in [1.82, 2.24) is 14.6 Å². The zero-order valence-corrected chi connectivity index (χ0v) is 11.4. The minimum absolute atomic E-state index is 0.648. The fourth-order valence-electron chi connectivity index (χ4n) is 1.61. The fraction of sp³-hybridized carbons (Fsp3) is 0.0909. The molecule has 0 unspecified atom stereocenters. The number of benzene rings is 1. The van der Waals surface area contributed by atoms with Gasteiger partial charge in [0.2, 0.25) is 10.9 Å². The molecule has 0 saturated carbocycles. The van der Waals surface area contributed by atoms with E-state index in [1.165, 1.54) is 0 Å². The number of aromatic nitrogens is 3. The van der Waals surface area contributed by atoms with Gasteiger partial charge < -0.3 is 5.32 Å². The summed E-state index contributed by atoms with van der Waals surface area (Å²) in [5.74, 6) is 0.648. The van der Waals surface area contributed by atoms with Crippen LogP contribution in [0.1, 0.15) is 0 Å². The van der Waals surface area contributed by atoms with E-state index in [0.29, 0.717) is 5.95 Å². The molecule has 3 aromatic rings. The van der Waals surface area contributed by atoms with Gasteiger partial charge in [-0.1, -0.05) is 28.1 Å².